The third-order valence-corrected chi connectivity index (χ3v) is 5.91. The van der Waals surface area contributed by atoms with Gasteiger partial charge in [0, 0.05) is 28.7 Å². The summed E-state index contributed by atoms with van der Waals surface area (Å²) < 4.78 is 19.8. The number of amides is 2. The van der Waals surface area contributed by atoms with Crippen molar-refractivity contribution in [1.29, 1.82) is 0 Å². The van der Waals surface area contributed by atoms with Gasteiger partial charge in [-0.25, -0.2) is 19.2 Å². The summed E-state index contributed by atoms with van der Waals surface area (Å²) in [6.07, 6.45) is 3.39. The number of halogens is 3. The molecule has 2 heterocycles. The highest BCUT2D eigenvalue weighted by Crippen LogP contribution is 2.35. The largest absolute Gasteiger partial charge is 0.486 e. The minimum Gasteiger partial charge on any atom is -0.486 e. The minimum absolute atomic E-state index is 0.0641. The number of hydrogen-bond acceptors (Lipinski definition) is 5. The number of anilines is 1. The predicted molar refractivity (Wildman–Crippen MR) is 126 cm³/mol. The molecular formula is C23H22Cl2FN5O2. The molecule has 2 amide bonds. The Bertz CT molecular complexity index is 1140. The van der Waals surface area contributed by atoms with E-state index in [1.165, 1.54) is 24.5 Å². The van der Waals surface area contributed by atoms with Gasteiger partial charge in [0.05, 0.1) is 23.1 Å². The molecule has 0 radical (unpaired) electrons. The summed E-state index contributed by atoms with van der Waals surface area (Å²) in [6.45, 7) is 3.40. The fraction of sp³-hybridized carbons (Fsp3) is 0.261. The molecule has 7 nitrogen and oxygen atoms in total. The average Bonchev–Trinajstić information content (AvgIpc) is 3.30. The monoisotopic (exact) mass is 489 g/mol. The number of rotatable bonds is 6. The first kappa shape index (κ1) is 23.2. The van der Waals surface area contributed by atoms with E-state index in [-0.39, 0.29) is 17.1 Å². The van der Waals surface area contributed by atoms with E-state index in [0.717, 1.165) is 19.5 Å². The van der Waals surface area contributed by atoms with Crippen LogP contribution in [0.3, 0.4) is 0 Å². The van der Waals surface area contributed by atoms with Crippen molar-refractivity contribution < 1.29 is 13.9 Å². The maximum absolute atomic E-state index is 13.9. The standard InChI is InChI=1S/C23H22Cl2FN5O2/c1-13(20-18(24)5-6-19(26)21(20)25)33-17-4-2-3-14(9-17)22-28-11-16(12-29-22)31-23(32)30-15-7-8-27-10-15/h2-6,9,11-13,15,27H,7-8,10H2,1H3,(H2,30,31,32). The molecule has 10 heteroatoms. The zero-order chi connectivity index (χ0) is 23.4. The highest BCUT2D eigenvalue weighted by Gasteiger charge is 2.19. The van der Waals surface area contributed by atoms with Gasteiger partial charge in [-0.1, -0.05) is 35.3 Å². The van der Waals surface area contributed by atoms with E-state index in [2.05, 4.69) is 25.9 Å². The Hall–Kier alpha value is -2.94. The third kappa shape index (κ3) is 5.71. The van der Waals surface area contributed by atoms with Crippen molar-refractivity contribution in [1.82, 2.24) is 20.6 Å². The summed E-state index contributed by atoms with van der Waals surface area (Å²) in [6, 6.07) is 9.65. The van der Waals surface area contributed by atoms with Crippen molar-refractivity contribution in [3.05, 3.63) is 70.2 Å². The Kier molecular flexibility index (Phi) is 7.27. The van der Waals surface area contributed by atoms with Crippen LogP contribution < -0.4 is 20.7 Å². The van der Waals surface area contributed by atoms with Crippen molar-refractivity contribution in [2.24, 2.45) is 0 Å². The zero-order valence-corrected chi connectivity index (χ0v) is 19.3. The van der Waals surface area contributed by atoms with Crippen molar-refractivity contribution in [3.8, 4) is 17.1 Å². The van der Waals surface area contributed by atoms with E-state index in [0.29, 0.717) is 33.4 Å². The Morgan fingerprint density at radius 3 is 2.76 bits per heavy atom. The van der Waals surface area contributed by atoms with E-state index in [1.54, 1.807) is 25.1 Å². The third-order valence-electron chi connectivity index (χ3n) is 5.20. The van der Waals surface area contributed by atoms with Crippen LogP contribution in [0.1, 0.15) is 25.0 Å². The van der Waals surface area contributed by atoms with Gasteiger partial charge in [-0.05, 0) is 44.2 Å². The van der Waals surface area contributed by atoms with E-state index in [4.69, 9.17) is 27.9 Å². The molecule has 1 aromatic heterocycles. The number of carbonyl (C=O) groups excluding carboxylic acids is 1. The molecule has 0 spiro atoms. The van der Waals surface area contributed by atoms with Gasteiger partial charge in [-0.2, -0.15) is 0 Å². The van der Waals surface area contributed by atoms with Crippen molar-refractivity contribution in [2.45, 2.75) is 25.5 Å². The molecule has 33 heavy (non-hydrogen) atoms. The van der Waals surface area contributed by atoms with Crippen LogP contribution in [-0.2, 0) is 0 Å². The first-order chi connectivity index (χ1) is 15.9. The second-order valence-corrected chi connectivity index (χ2v) is 8.41. The van der Waals surface area contributed by atoms with Gasteiger partial charge >= 0.3 is 6.03 Å². The number of ether oxygens (including phenoxy) is 1. The average molecular weight is 490 g/mol. The molecule has 172 valence electrons. The number of nitrogens with one attached hydrogen (secondary N) is 3. The van der Waals surface area contributed by atoms with E-state index >= 15 is 0 Å². The number of urea groups is 1. The number of benzene rings is 2. The van der Waals surface area contributed by atoms with E-state index in [1.807, 2.05) is 6.07 Å². The molecule has 1 saturated heterocycles. The molecule has 0 bridgehead atoms. The molecule has 2 atom stereocenters. The van der Waals surface area contributed by atoms with Gasteiger partial charge in [-0.3, -0.25) is 0 Å². The van der Waals surface area contributed by atoms with Crippen molar-refractivity contribution >= 4 is 34.9 Å². The summed E-state index contributed by atoms with van der Waals surface area (Å²) in [5, 5.41) is 9.09. The smallest absolute Gasteiger partial charge is 0.319 e. The number of carbonyl (C=O) groups is 1. The maximum Gasteiger partial charge on any atom is 0.319 e. The van der Waals surface area contributed by atoms with Crippen LogP contribution in [0, 0.1) is 5.82 Å². The second-order valence-electron chi connectivity index (χ2n) is 7.63. The molecule has 2 aromatic carbocycles. The second kappa shape index (κ2) is 10.3. The lowest BCUT2D eigenvalue weighted by Gasteiger charge is -2.18. The van der Waals surface area contributed by atoms with Gasteiger partial charge in [-0.15, -0.1) is 0 Å². The lowest BCUT2D eigenvalue weighted by molar-refractivity contribution is 0.226. The SMILES string of the molecule is CC(Oc1cccc(-c2ncc(NC(=O)NC3CCNC3)cn2)c1)c1c(Cl)ccc(F)c1Cl. The van der Waals surface area contributed by atoms with Gasteiger partial charge in [0.25, 0.3) is 0 Å². The number of hydrogen-bond donors (Lipinski definition) is 3. The predicted octanol–water partition coefficient (Wildman–Crippen LogP) is 5.21. The highest BCUT2D eigenvalue weighted by molar-refractivity contribution is 6.36. The number of nitrogens with zero attached hydrogens (tertiary/aromatic N) is 2. The minimum atomic E-state index is -0.586. The zero-order valence-electron chi connectivity index (χ0n) is 17.7. The lowest BCUT2D eigenvalue weighted by atomic mass is 10.1. The molecule has 3 aromatic rings. The molecule has 4 rings (SSSR count). The quantitative estimate of drug-likeness (QED) is 0.413. The summed E-state index contributed by atoms with van der Waals surface area (Å²) in [5.41, 5.74) is 1.57. The summed E-state index contributed by atoms with van der Waals surface area (Å²) in [5.74, 6) is 0.420. The fourth-order valence-corrected chi connectivity index (χ4v) is 4.24. The molecule has 2 unspecified atom stereocenters. The summed E-state index contributed by atoms with van der Waals surface area (Å²) >= 11 is 12.3. The van der Waals surface area contributed by atoms with Crippen molar-refractivity contribution in [3.63, 3.8) is 0 Å². The Balaban J connectivity index is 1.43. The first-order valence-corrected chi connectivity index (χ1v) is 11.2. The van der Waals surface area contributed by atoms with E-state index in [9.17, 15) is 9.18 Å². The maximum atomic E-state index is 13.9. The molecule has 1 aliphatic rings. The van der Waals surface area contributed by atoms with Gasteiger partial charge in [0.15, 0.2) is 5.82 Å². The summed E-state index contributed by atoms with van der Waals surface area (Å²) in [4.78, 5) is 20.8. The van der Waals surface area contributed by atoms with Crippen LogP contribution in [0.2, 0.25) is 10.0 Å². The van der Waals surface area contributed by atoms with Crippen LogP contribution >= 0.6 is 23.2 Å². The Labute approximate surface area is 200 Å². The molecular weight excluding hydrogens is 468 g/mol. The van der Waals surface area contributed by atoms with Crippen molar-refractivity contribution in [2.75, 3.05) is 18.4 Å². The van der Waals surface area contributed by atoms with Crippen LogP contribution in [0.5, 0.6) is 5.75 Å². The highest BCUT2D eigenvalue weighted by atomic mass is 35.5. The van der Waals surface area contributed by atoms with Gasteiger partial charge in [0.2, 0.25) is 0 Å². The Morgan fingerprint density at radius 2 is 2.03 bits per heavy atom. The molecule has 0 aliphatic carbocycles. The van der Waals surface area contributed by atoms with Gasteiger partial charge in [0.1, 0.15) is 17.7 Å². The fourth-order valence-electron chi connectivity index (χ4n) is 3.56. The normalized spacial score (nSPS) is 16.3. The van der Waals surface area contributed by atoms with E-state index < -0.39 is 11.9 Å². The topological polar surface area (TPSA) is 88.2 Å². The summed E-state index contributed by atoms with van der Waals surface area (Å²) in [7, 11) is 0. The molecule has 0 saturated carbocycles. The lowest BCUT2D eigenvalue weighted by Crippen LogP contribution is -2.39. The molecule has 3 N–H and O–H groups in total. The Morgan fingerprint density at radius 1 is 1.24 bits per heavy atom. The first-order valence-electron chi connectivity index (χ1n) is 10.4. The molecule has 1 fully saturated rings. The van der Waals surface area contributed by atoms with Gasteiger partial charge < -0.3 is 20.7 Å². The van der Waals surface area contributed by atoms with Crippen LogP contribution in [0.25, 0.3) is 11.4 Å². The van der Waals surface area contributed by atoms with Crippen LogP contribution in [0.4, 0.5) is 14.9 Å². The molecule has 1 aliphatic heterocycles. The number of aromatic nitrogens is 2. The van der Waals surface area contributed by atoms with Crippen LogP contribution in [-0.4, -0.2) is 35.1 Å². The van der Waals surface area contributed by atoms with Crippen LogP contribution in [0.15, 0.2) is 48.8 Å².